The number of fused-ring (bicyclic) bond motifs is 1. The fraction of sp³-hybridized carbons (Fsp3) is 0.278. The van der Waals surface area contributed by atoms with Crippen molar-refractivity contribution < 1.29 is 9.47 Å². The molecule has 1 fully saturated rings. The van der Waals surface area contributed by atoms with Crippen LogP contribution in [0.25, 0.3) is 22.2 Å². The molecule has 0 radical (unpaired) electrons. The molecule has 5 nitrogen and oxygen atoms in total. The van der Waals surface area contributed by atoms with Crippen molar-refractivity contribution in [3.63, 3.8) is 0 Å². The summed E-state index contributed by atoms with van der Waals surface area (Å²) >= 11 is 0. The lowest BCUT2D eigenvalue weighted by Crippen LogP contribution is -2.49. The first kappa shape index (κ1) is 14.1. The van der Waals surface area contributed by atoms with Gasteiger partial charge in [0.2, 0.25) is 0 Å². The highest BCUT2D eigenvalue weighted by Gasteiger charge is 2.30. The highest BCUT2D eigenvalue weighted by Crippen LogP contribution is 2.40. The van der Waals surface area contributed by atoms with Crippen molar-refractivity contribution in [2.75, 3.05) is 25.7 Å². The average molecular weight is 309 g/mol. The number of ether oxygens (including phenoxy) is 2. The van der Waals surface area contributed by atoms with E-state index in [1.54, 1.807) is 14.2 Å². The highest BCUT2D eigenvalue weighted by atomic mass is 16.5. The number of nitrogens with zero attached hydrogens (tertiary/aromatic N) is 2. The second-order valence-corrected chi connectivity index (χ2v) is 5.63. The number of nitrogens with one attached hydrogen (secondary N) is 1. The Bertz CT molecular complexity index is 841. The lowest BCUT2D eigenvalue weighted by Gasteiger charge is -2.41. The molecule has 4 rings (SSSR count). The van der Waals surface area contributed by atoms with E-state index in [-0.39, 0.29) is 6.23 Å². The molecule has 0 aliphatic carbocycles. The van der Waals surface area contributed by atoms with E-state index in [1.165, 1.54) is 0 Å². The van der Waals surface area contributed by atoms with Crippen molar-refractivity contribution in [2.45, 2.75) is 12.6 Å². The molecule has 0 bridgehead atoms. The van der Waals surface area contributed by atoms with Crippen molar-refractivity contribution in [1.82, 2.24) is 9.97 Å². The molecule has 0 amide bonds. The average Bonchev–Trinajstić information content (AvgIpc) is 2.99. The quantitative estimate of drug-likeness (QED) is 0.802. The lowest BCUT2D eigenvalue weighted by molar-refractivity contribution is 0.0561. The molecule has 2 aromatic heterocycles. The summed E-state index contributed by atoms with van der Waals surface area (Å²) in [5.41, 5.74) is 4.19. The number of benzene rings is 1. The van der Waals surface area contributed by atoms with Crippen LogP contribution in [0.15, 0.2) is 42.7 Å². The van der Waals surface area contributed by atoms with Crippen LogP contribution in [-0.2, 0) is 4.74 Å². The standard InChI is InChI=1S/C18H19N3O2/c1-22-15-6-4-3-5-12(15)13-11-20-18-17(13)14(7-9-19-18)21-10-8-16(21)23-2/h3-7,9,11,16H,8,10H2,1-2H3,(H,19,20). The van der Waals surface area contributed by atoms with Crippen LogP contribution in [0.5, 0.6) is 5.75 Å². The summed E-state index contributed by atoms with van der Waals surface area (Å²) in [7, 11) is 3.46. The van der Waals surface area contributed by atoms with Crippen molar-refractivity contribution in [2.24, 2.45) is 0 Å². The van der Waals surface area contributed by atoms with Crippen LogP contribution in [0.2, 0.25) is 0 Å². The predicted molar refractivity (Wildman–Crippen MR) is 90.8 cm³/mol. The summed E-state index contributed by atoms with van der Waals surface area (Å²) in [5, 5.41) is 1.11. The zero-order chi connectivity index (χ0) is 15.8. The van der Waals surface area contributed by atoms with Crippen LogP contribution in [0, 0.1) is 0 Å². The molecular weight excluding hydrogens is 290 g/mol. The van der Waals surface area contributed by atoms with Crippen LogP contribution >= 0.6 is 0 Å². The maximum Gasteiger partial charge on any atom is 0.139 e. The summed E-state index contributed by atoms with van der Waals surface area (Å²) in [6.07, 6.45) is 5.03. The smallest absolute Gasteiger partial charge is 0.139 e. The summed E-state index contributed by atoms with van der Waals surface area (Å²) in [5.74, 6) is 0.857. The zero-order valence-electron chi connectivity index (χ0n) is 13.2. The van der Waals surface area contributed by atoms with E-state index in [4.69, 9.17) is 9.47 Å². The van der Waals surface area contributed by atoms with Crippen molar-refractivity contribution >= 4 is 16.7 Å². The minimum absolute atomic E-state index is 0.140. The fourth-order valence-corrected chi connectivity index (χ4v) is 3.24. The first-order valence-corrected chi connectivity index (χ1v) is 7.72. The van der Waals surface area contributed by atoms with Gasteiger partial charge in [-0.2, -0.15) is 0 Å². The van der Waals surface area contributed by atoms with E-state index in [9.17, 15) is 0 Å². The molecule has 1 aliphatic rings. The van der Waals surface area contributed by atoms with Crippen molar-refractivity contribution in [3.05, 3.63) is 42.7 Å². The van der Waals surface area contributed by atoms with Crippen LogP contribution in [0.3, 0.4) is 0 Å². The maximum atomic E-state index is 5.54. The Kier molecular flexibility index (Phi) is 3.42. The molecule has 1 atom stereocenters. The molecule has 0 spiro atoms. The van der Waals surface area contributed by atoms with Gasteiger partial charge >= 0.3 is 0 Å². The molecule has 118 valence electrons. The van der Waals surface area contributed by atoms with Crippen molar-refractivity contribution in [1.29, 1.82) is 0 Å². The Labute approximate surface area is 134 Å². The molecule has 1 aliphatic heterocycles. The van der Waals surface area contributed by atoms with E-state index in [0.717, 1.165) is 46.6 Å². The number of para-hydroxylation sites is 1. The van der Waals surface area contributed by atoms with Gasteiger partial charge in [-0.3, -0.25) is 0 Å². The molecule has 1 unspecified atom stereocenters. The van der Waals surface area contributed by atoms with Gasteiger partial charge in [0, 0.05) is 43.6 Å². The molecule has 23 heavy (non-hydrogen) atoms. The maximum absolute atomic E-state index is 5.54. The molecule has 3 aromatic rings. The van der Waals surface area contributed by atoms with Gasteiger partial charge < -0.3 is 19.4 Å². The summed E-state index contributed by atoms with van der Waals surface area (Å²) in [6.45, 7) is 0.994. The first-order chi connectivity index (χ1) is 11.3. The molecule has 1 aromatic carbocycles. The van der Waals surface area contributed by atoms with Gasteiger partial charge in [-0.1, -0.05) is 18.2 Å². The van der Waals surface area contributed by atoms with E-state index in [1.807, 2.05) is 30.6 Å². The predicted octanol–water partition coefficient (Wildman–Crippen LogP) is 3.42. The van der Waals surface area contributed by atoms with Crippen LogP contribution in [0.4, 0.5) is 5.69 Å². The topological polar surface area (TPSA) is 50.4 Å². The highest BCUT2D eigenvalue weighted by molar-refractivity contribution is 6.03. The van der Waals surface area contributed by atoms with Gasteiger partial charge in [0.25, 0.3) is 0 Å². The third kappa shape index (κ3) is 2.16. The van der Waals surface area contributed by atoms with Gasteiger partial charge in [-0.25, -0.2) is 4.98 Å². The number of hydrogen-bond acceptors (Lipinski definition) is 4. The molecule has 1 N–H and O–H groups in total. The number of methoxy groups -OCH3 is 2. The third-order valence-electron chi connectivity index (χ3n) is 4.49. The van der Waals surface area contributed by atoms with E-state index in [2.05, 4.69) is 27.0 Å². The van der Waals surface area contributed by atoms with Crippen LogP contribution in [0.1, 0.15) is 6.42 Å². The number of rotatable bonds is 4. The second-order valence-electron chi connectivity index (χ2n) is 5.63. The summed E-state index contributed by atoms with van der Waals surface area (Å²) in [6, 6.07) is 10.1. The Morgan fingerprint density at radius 3 is 2.78 bits per heavy atom. The number of H-pyrrole nitrogens is 1. The minimum atomic E-state index is 0.140. The number of aromatic amines is 1. The molecule has 5 heteroatoms. The van der Waals surface area contributed by atoms with Crippen LogP contribution < -0.4 is 9.64 Å². The third-order valence-corrected chi connectivity index (χ3v) is 4.49. The van der Waals surface area contributed by atoms with E-state index >= 15 is 0 Å². The summed E-state index contributed by atoms with van der Waals surface area (Å²) < 4.78 is 11.1. The SMILES string of the molecule is COc1ccccc1-c1c[nH]c2nccc(N3CCC3OC)c12. The molecule has 0 saturated carbocycles. The van der Waals surface area contributed by atoms with Gasteiger partial charge in [0.15, 0.2) is 0 Å². The number of hydrogen-bond donors (Lipinski definition) is 1. The Hall–Kier alpha value is -2.53. The van der Waals surface area contributed by atoms with Gasteiger partial charge in [-0.05, 0) is 12.1 Å². The van der Waals surface area contributed by atoms with Crippen LogP contribution in [-0.4, -0.2) is 37.0 Å². The van der Waals surface area contributed by atoms with E-state index in [0.29, 0.717) is 0 Å². The number of anilines is 1. The van der Waals surface area contributed by atoms with Gasteiger partial charge in [0.05, 0.1) is 18.2 Å². The van der Waals surface area contributed by atoms with Gasteiger partial charge in [0.1, 0.15) is 17.6 Å². The summed E-state index contributed by atoms with van der Waals surface area (Å²) in [4.78, 5) is 10.0. The minimum Gasteiger partial charge on any atom is -0.496 e. The fourth-order valence-electron chi connectivity index (χ4n) is 3.24. The van der Waals surface area contributed by atoms with Gasteiger partial charge in [-0.15, -0.1) is 0 Å². The first-order valence-electron chi connectivity index (χ1n) is 7.72. The second kappa shape index (κ2) is 5.59. The molecular formula is C18H19N3O2. The Morgan fingerprint density at radius 1 is 1.17 bits per heavy atom. The van der Waals surface area contributed by atoms with Crippen molar-refractivity contribution in [3.8, 4) is 16.9 Å². The van der Waals surface area contributed by atoms with E-state index < -0.39 is 0 Å². The molecule has 1 saturated heterocycles. The molecule has 3 heterocycles. The Balaban J connectivity index is 1.92. The largest absolute Gasteiger partial charge is 0.496 e. The number of pyridine rings is 1. The normalized spacial score (nSPS) is 17.3. The lowest BCUT2D eigenvalue weighted by atomic mass is 10.0. The Morgan fingerprint density at radius 2 is 2.04 bits per heavy atom. The zero-order valence-corrected chi connectivity index (χ0v) is 13.2. The number of aromatic nitrogens is 2. The monoisotopic (exact) mass is 309 g/mol.